The topological polar surface area (TPSA) is 292 Å². The number of carboxylic acids is 1. The van der Waals surface area contributed by atoms with Crippen LogP contribution >= 0.6 is 15.9 Å². The second-order valence-corrected chi connectivity index (χ2v) is 19.0. The van der Waals surface area contributed by atoms with Crippen LogP contribution < -0.4 is 36.9 Å². The summed E-state index contributed by atoms with van der Waals surface area (Å²) in [4.78, 5) is 69.0. The van der Waals surface area contributed by atoms with Crippen LogP contribution in [0.4, 0.5) is 5.69 Å². The first-order chi connectivity index (χ1) is 31.5. The number of esters is 1. The third kappa shape index (κ3) is 18.1. The lowest BCUT2D eigenvalue weighted by atomic mass is 9.91. The first-order valence-corrected chi connectivity index (χ1v) is 24.6. The predicted octanol–water partition coefficient (Wildman–Crippen LogP) is 2.53. The Morgan fingerprint density at radius 3 is 2.42 bits per heavy atom. The van der Waals surface area contributed by atoms with Gasteiger partial charge in [0.1, 0.15) is 34.9 Å². The number of carbonyl (C=O) groups excluding carboxylic acids is 4. The lowest BCUT2D eigenvalue weighted by molar-refractivity contribution is -0.144. The summed E-state index contributed by atoms with van der Waals surface area (Å²) in [6, 6.07) is 7.50. The molecule has 1 unspecified atom stereocenters. The fraction of sp³-hybridized carbons (Fsp3) is 0.591. The molecule has 9 N–H and O–H groups in total. The first kappa shape index (κ1) is 53.7. The highest BCUT2D eigenvalue weighted by atomic mass is 79.9. The van der Waals surface area contributed by atoms with Gasteiger partial charge < -0.3 is 56.4 Å². The number of carbonyl (C=O) groups is 5. The summed E-state index contributed by atoms with van der Waals surface area (Å²) in [5.41, 5.74) is 12.3. The Kier molecular flexibility index (Phi) is 22.5. The van der Waals surface area contributed by atoms with Crippen molar-refractivity contribution in [1.29, 1.82) is 0 Å². The van der Waals surface area contributed by atoms with E-state index in [1.807, 2.05) is 13.0 Å². The number of ether oxygens (including phenoxy) is 4. The van der Waals surface area contributed by atoms with Gasteiger partial charge in [-0.2, -0.15) is 4.72 Å². The summed E-state index contributed by atoms with van der Waals surface area (Å²) in [5.74, 6) is -2.52. The van der Waals surface area contributed by atoms with Crippen molar-refractivity contribution in [2.45, 2.75) is 88.6 Å². The second kappa shape index (κ2) is 27.7. The Hall–Kier alpha value is -4.87. The van der Waals surface area contributed by atoms with Gasteiger partial charge in [-0.15, -0.1) is 0 Å². The van der Waals surface area contributed by atoms with E-state index in [4.69, 9.17) is 30.4 Å². The zero-order valence-electron chi connectivity index (χ0n) is 37.7. The fourth-order valence-corrected chi connectivity index (χ4v) is 9.30. The van der Waals surface area contributed by atoms with Gasteiger partial charge in [-0.1, -0.05) is 48.3 Å². The van der Waals surface area contributed by atoms with Gasteiger partial charge in [-0.05, 0) is 86.6 Å². The summed E-state index contributed by atoms with van der Waals surface area (Å²) in [6.07, 6.45) is 4.10. The molecular weight excluding hydrogens is 944 g/mol. The summed E-state index contributed by atoms with van der Waals surface area (Å²) in [7, 11) is -4.17. The number of aliphatic imine (C=N–C) groups is 1. The molecule has 2 heterocycles. The molecule has 20 nitrogen and oxygen atoms in total. The van der Waals surface area contributed by atoms with Gasteiger partial charge in [0.15, 0.2) is 5.96 Å². The van der Waals surface area contributed by atoms with E-state index in [0.717, 1.165) is 12.0 Å². The molecule has 1 saturated heterocycles. The number of sulfonamides is 1. The number of benzene rings is 2. The number of rotatable bonds is 28. The highest BCUT2D eigenvalue weighted by molar-refractivity contribution is 9.10. The van der Waals surface area contributed by atoms with Crippen LogP contribution in [-0.4, -0.2) is 138 Å². The number of likely N-dealkylation sites (tertiary alicyclic amines) is 1. The number of halogens is 1. The minimum absolute atomic E-state index is 0.0161. The fourth-order valence-electron chi connectivity index (χ4n) is 7.49. The van der Waals surface area contributed by atoms with Gasteiger partial charge in [-0.25, -0.2) is 13.2 Å². The zero-order chi connectivity index (χ0) is 48.1. The Bertz CT molecular complexity index is 2090. The number of nitrogens with zero attached hydrogens (tertiary/aromatic N) is 2. The van der Waals surface area contributed by atoms with Crippen LogP contribution in [-0.2, 0) is 49.8 Å². The summed E-state index contributed by atoms with van der Waals surface area (Å²) < 4.78 is 52.7. The van der Waals surface area contributed by atoms with Gasteiger partial charge in [0.25, 0.3) is 0 Å². The molecule has 2 aromatic rings. The number of piperidine rings is 1. The number of fused-ring (bicyclic) bond motifs is 1. The number of carboxylic acid groups (broad SMARTS) is 1. The molecule has 0 bridgehead atoms. The molecule has 2 aliphatic rings. The van der Waals surface area contributed by atoms with Crippen molar-refractivity contribution in [2.24, 2.45) is 28.3 Å². The molecule has 2 aromatic carbocycles. The number of hydrogen-bond acceptors (Lipinski definition) is 13. The number of nitrogens with one attached hydrogen (secondary N) is 4. The number of unbranched alkanes of at least 4 members (excludes halogenated alkanes) is 2. The van der Waals surface area contributed by atoms with E-state index in [-0.39, 0.29) is 112 Å². The SMILES string of the molecule is CC1CNc2c(cccc2S(=O)(=O)N[C@@H](CCCN=C(N)N)C(=O)N2CC[C@@H](C)C[C@@H]2C(=O)NCCOCCOCCOCC(=O)NCCCCCC(=O)Oc2ccc(Br)cc2C(=O)O)C1. The Morgan fingerprint density at radius 1 is 0.939 bits per heavy atom. The number of hydrogen-bond donors (Lipinski definition) is 7. The van der Waals surface area contributed by atoms with E-state index in [9.17, 15) is 37.5 Å². The molecule has 22 heteroatoms. The quantitative estimate of drug-likeness (QED) is 0.0212. The molecule has 2 aliphatic heterocycles. The smallest absolute Gasteiger partial charge is 0.339 e. The second-order valence-electron chi connectivity index (χ2n) is 16.4. The van der Waals surface area contributed by atoms with Crippen molar-refractivity contribution in [3.8, 4) is 5.75 Å². The van der Waals surface area contributed by atoms with E-state index < -0.39 is 40.0 Å². The number of amides is 3. The lowest BCUT2D eigenvalue weighted by Gasteiger charge is -2.39. The number of aromatic carboxylic acids is 1. The Morgan fingerprint density at radius 2 is 1.68 bits per heavy atom. The molecule has 3 amide bonds. The minimum atomic E-state index is -4.17. The number of guanidine groups is 1. The summed E-state index contributed by atoms with van der Waals surface area (Å²) >= 11 is 3.20. The van der Waals surface area contributed by atoms with Gasteiger partial charge in [0, 0.05) is 43.6 Å². The van der Waals surface area contributed by atoms with E-state index in [1.54, 1.807) is 12.1 Å². The molecule has 0 aliphatic carbocycles. The van der Waals surface area contributed by atoms with Gasteiger partial charge in [0.2, 0.25) is 27.7 Å². The maximum Gasteiger partial charge on any atom is 0.339 e. The molecule has 1 fully saturated rings. The minimum Gasteiger partial charge on any atom is -0.478 e. The lowest BCUT2D eigenvalue weighted by Crippen LogP contribution is -2.58. The number of nitrogens with two attached hydrogens (primary N) is 2. The summed E-state index contributed by atoms with van der Waals surface area (Å²) in [5, 5.41) is 18.2. The van der Waals surface area contributed by atoms with Gasteiger partial charge in [-0.3, -0.25) is 24.2 Å². The number of anilines is 1. The molecule has 0 spiro atoms. The highest BCUT2D eigenvalue weighted by Gasteiger charge is 2.39. The molecule has 66 heavy (non-hydrogen) atoms. The van der Waals surface area contributed by atoms with E-state index in [2.05, 4.69) is 48.5 Å². The Labute approximate surface area is 394 Å². The van der Waals surface area contributed by atoms with Crippen LogP contribution in [0.5, 0.6) is 5.75 Å². The average molecular weight is 1010 g/mol. The maximum absolute atomic E-state index is 14.2. The normalized spacial score (nSPS) is 17.4. The number of para-hydroxylation sites is 1. The Balaban J connectivity index is 1.10. The van der Waals surface area contributed by atoms with E-state index in [0.29, 0.717) is 67.7 Å². The molecule has 4 atom stereocenters. The molecule has 4 rings (SSSR count). The molecule has 0 radical (unpaired) electrons. The highest BCUT2D eigenvalue weighted by Crippen LogP contribution is 2.32. The van der Waals surface area contributed by atoms with E-state index in [1.165, 1.54) is 23.1 Å². The molecule has 366 valence electrons. The maximum atomic E-state index is 14.2. The van der Waals surface area contributed by atoms with Crippen molar-refractivity contribution >= 4 is 67.3 Å². The van der Waals surface area contributed by atoms with Gasteiger partial charge in [0.05, 0.1) is 38.7 Å². The van der Waals surface area contributed by atoms with Crippen LogP contribution in [0.3, 0.4) is 0 Å². The summed E-state index contributed by atoms with van der Waals surface area (Å²) in [6.45, 7) is 6.73. The monoisotopic (exact) mass is 1010 g/mol. The molecule has 0 saturated carbocycles. The van der Waals surface area contributed by atoms with Crippen LogP contribution in [0.25, 0.3) is 0 Å². The van der Waals surface area contributed by atoms with Crippen molar-refractivity contribution in [3.05, 3.63) is 52.0 Å². The zero-order valence-corrected chi connectivity index (χ0v) is 40.1. The first-order valence-electron chi connectivity index (χ1n) is 22.3. The third-order valence-corrected chi connectivity index (χ3v) is 12.9. The van der Waals surface area contributed by atoms with Crippen LogP contribution in [0, 0.1) is 11.8 Å². The largest absolute Gasteiger partial charge is 0.478 e. The standard InChI is InChI=1S/C44H65BrN8O12S/c1-29-14-18-53(42(57)34(9-7-16-50-44(46)47)52-66(60,61)37-10-6-8-31-24-30(2)27-51-40(31)37)35(25-29)41(56)49-17-19-62-20-21-63-22-23-64-28-38(54)48-15-5-3-4-11-39(55)65-36-13-12-32(45)26-33(36)43(58)59/h6,8,10,12-13,26,29-30,34-35,51-52H,3-5,7,9,11,14-25,27-28H2,1-2H3,(H,48,54)(H,49,56)(H,58,59)(H4,46,47,50)/t29-,30?,34+,35-/m1/s1. The van der Waals surface area contributed by atoms with Crippen LogP contribution in [0.1, 0.15) is 81.1 Å². The molecule has 0 aromatic heterocycles. The van der Waals surface area contributed by atoms with Gasteiger partial charge >= 0.3 is 11.9 Å². The van der Waals surface area contributed by atoms with Crippen LogP contribution in [0.2, 0.25) is 0 Å². The van der Waals surface area contributed by atoms with Crippen molar-refractivity contribution < 1.29 is 56.4 Å². The average Bonchev–Trinajstić information content (AvgIpc) is 3.27. The van der Waals surface area contributed by atoms with E-state index >= 15 is 0 Å². The predicted molar refractivity (Wildman–Crippen MR) is 249 cm³/mol. The van der Waals surface area contributed by atoms with Crippen molar-refractivity contribution in [1.82, 2.24) is 20.3 Å². The third-order valence-electron chi connectivity index (χ3n) is 10.9. The molecular formula is C44H65BrN8O12S. The van der Waals surface area contributed by atoms with Crippen molar-refractivity contribution in [2.75, 3.05) is 77.7 Å². The van der Waals surface area contributed by atoms with Crippen LogP contribution in [0.15, 0.2) is 50.8 Å². The van der Waals surface area contributed by atoms with Crippen molar-refractivity contribution in [3.63, 3.8) is 0 Å².